The third kappa shape index (κ3) is 5.28. The SMILES string of the molecule is CCOC(=O)c1cnn(-c2ccc(C(=O)N(c3ccc(OC)c(F)c3)C(C)C)cc2)c1C(F)(F)F. The molecule has 0 aliphatic carbocycles. The first-order chi connectivity index (χ1) is 16.5. The monoisotopic (exact) mass is 493 g/mol. The Kier molecular flexibility index (Phi) is 7.47. The summed E-state index contributed by atoms with van der Waals surface area (Å²) in [4.78, 5) is 26.5. The van der Waals surface area contributed by atoms with E-state index in [2.05, 4.69) is 5.10 Å². The number of hydrogen-bond acceptors (Lipinski definition) is 5. The van der Waals surface area contributed by atoms with Crippen molar-refractivity contribution in [2.75, 3.05) is 18.6 Å². The van der Waals surface area contributed by atoms with E-state index in [0.29, 0.717) is 4.68 Å². The number of ether oxygens (including phenoxy) is 2. The van der Waals surface area contributed by atoms with E-state index in [0.717, 1.165) is 6.20 Å². The van der Waals surface area contributed by atoms with E-state index in [4.69, 9.17) is 9.47 Å². The van der Waals surface area contributed by atoms with Gasteiger partial charge in [0, 0.05) is 23.4 Å². The molecule has 0 saturated heterocycles. The summed E-state index contributed by atoms with van der Waals surface area (Å²) < 4.78 is 65.6. The zero-order valence-electron chi connectivity index (χ0n) is 19.4. The molecule has 0 radical (unpaired) electrons. The predicted molar refractivity (Wildman–Crippen MR) is 119 cm³/mol. The number of esters is 1. The highest BCUT2D eigenvalue weighted by molar-refractivity contribution is 6.06. The summed E-state index contributed by atoms with van der Waals surface area (Å²) >= 11 is 0. The molecule has 186 valence electrons. The van der Waals surface area contributed by atoms with Crippen molar-refractivity contribution in [2.45, 2.75) is 33.0 Å². The molecule has 1 aromatic heterocycles. The Bertz CT molecular complexity index is 1220. The molecule has 0 atom stereocenters. The number of nitrogens with zero attached hydrogens (tertiary/aromatic N) is 3. The Labute approximate surface area is 198 Å². The van der Waals surface area contributed by atoms with Crippen LogP contribution in [0.3, 0.4) is 0 Å². The number of halogens is 4. The zero-order chi connectivity index (χ0) is 25.9. The van der Waals surface area contributed by atoms with E-state index < -0.39 is 35.1 Å². The molecule has 2 aromatic carbocycles. The second-order valence-electron chi connectivity index (χ2n) is 7.67. The molecule has 35 heavy (non-hydrogen) atoms. The molecule has 0 N–H and O–H groups in total. The van der Waals surface area contributed by atoms with Crippen LogP contribution in [0.1, 0.15) is 47.2 Å². The van der Waals surface area contributed by atoms with Gasteiger partial charge < -0.3 is 14.4 Å². The summed E-state index contributed by atoms with van der Waals surface area (Å²) in [6, 6.07) is 8.96. The maximum Gasteiger partial charge on any atom is 0.434 e. The molecule has 0 saturated carbocycles. The fourth-order valence-electron chi connectivity index (χ4n) is 3.51. The lowest BCUT2D eigenvalue weighted by Crippen LogP contribution is -2.37. The number of carbonyl (C=O) groups excluding carboxylic acids is 2. The summed E-state index contributed by atoms with van der Waals surface area (Å²) in [6.07, 6.45) is -4.10. The molecule has 0 spiro atoms. The Balaban J connectivity index is 1.97. The fraction of sp³-hybridized carbons (Fsp3) is 0.292. The minimum atomic E-state index is -4.89. The Morgan fingerprint density at radius 2 is 1.77 bits per heavy atom. The van der Waals surface area contributed by atoms with Crippen LogP contribution in [0.4, 0.5) is 23.2 Å². The van der Waals surface area contributed by atoms with E-state index in [1.165, 1.54) is 61.4 Å². The van der Waals surface area contributed by atoms with Crippen LogP contribution in [0.15, 0.2) is 48.7 Å². The second kappa shape index (κ2) is 10.2. The van der Waals surface area contributed by atoms with Crippen molar-refractivity contribution in [3.05, 3.63) is 71.3 Å². The Hall–Kier alpha value is -3.89. The van der Waals surface area contributed by atoms with E-state index in [1.54, 1.807) is 13.8 Å². The van der Waals surface area contributed by atoms with Crippen molar-refractivity contribution >= 4 is 17.6 Å². The maximum absolute atomic E-state index is 14.2. The van der Waals surface area contributed by atoms with Gasteiger partial charge in [-0.2, -0.15) is 18.3 Å². The number of alkyl halides is 3. The van der Waals surface area contributed by atoms with E-state index in [9.17, 15) is 27.2 Å². The number of benzene rings is 2. The first-order valence-electron chi connectivity index (χ1n) is 10.6. The molecule has 0 aliphatic rings. The van der Waals surface area contributed by atoms with Crippen LogP contribution < -0.4 is 9.64 Å². The van der Waals surface area contributed by atoms with Gasteiger partial charge >= 0.3 is 12.1 Å². The lowest BCUT2D eigenvalue weighted by atomic mass is 10.1. The average Bonchev–Trinajstić information content (AvgIpc) is 3.25. The minimum absolute atomic E-state index is 0.0176. The molecule has 11 heteroatoms. The summed E-state index contributed by atoms with van der Waals surface area (Å²) in [5, 5.41) is 3.71. The number of rotatable bonds is 7. The van der Waals surface area contributed by atoms with Crippen LogP contribution in [0, 0.1) is 5.82 Å². The number of anilines is 1. The predicted octanol–water partition coefficient (Wildman–Crippen LogP) is 5.27. The summed E-state index contributed by atoms with van der Waals surface area (Å²) in [5.41, 5.74) is -1.57. The van der Waals surface area contributed by atoms with Crippen molar-refractivity contribution in [1.82, 2.24) is 9.78 Å². The molecular weight excluding hydrogens is 470 g/mol. The molecule has 7 nitrogen and oxygen atoms in total. The van der Waals surface area contributed by atoms with Crippen LogP contribution in [0.2, 0.25) is 0 Å². The minimum Gasteiger partial charge on any atom is -0.494 e. The van der Waals surface area contributed by atoms with Crippen LogP contribution in [0.25, 0.3) is 5.69 Å². The molecule has 0 unspecified atom stereocenters. The van der Waals surface area contributed by atoms with Crippen LogP contribution in [-0.4, -0.2) is 41.4 Å². The molecule has 3 rings (SSSR count). The normalized spacial score (nSPS) is 11.5. The van der Waals surface area contributed by atoms with Gasteiger partial charge in [0.2, 0.25) is 0 Å². The molecule has 0 bridgehead atoms. The third-order valence-corrected chi connectivity index (χ3v) is 5.04. The number of methoxy groups -OCH3 is 1. The van der Waals surface area contributed by atoms with Crippen molar-refractivity contribution in [3.8, 4) is 11.4 Å². The van der Waals surface area contributed by atoms with Crippen LogP contribution in [-0.2, 0) is 10.9 Å². The second-order valence-corrected chi connectivity index (χ2v) is 7.67. The first-order valence-corrected chi connectivity index (χ1v) is 10.6. The number of hydrogen-bond donors (Lipinski definition) is 0. The quantitative estimate of drug-likeness (QED) is 0.331. The zero-order valence-corrected chi connectivity index (χ0v) is 19.4. The largest absolute Gasteiger partial charge is 0.494 e. The van der Waals surface area contributed by atoms with Crippen molar-refractivity contribution in [3.63, 3.8) is 0 Å². The third-order valence-electron chi connectivity index (χ3n) is 5.04. The lowest BCUT2D eigenvalue weighted by molar-refractivity contribution is -0.143. The number of amides is 1. The summed E-state index contributed by atoms with van der Waals surface area (Å²) in [5.74, 6) is -2.25. The van der Waals surface area contributed by atoms with Gasteiger partial charge in [0.1, 0.15) is 5.56 Å². The van der Waals surface area contributed by atoms with Crippen molar-refractivity contribution < 1.29 is 36.6 Å². The van der Waals surface area contributed by atoms with Gasteiger partial charge in [0.25, 0.3) is 5.91 Å². The highest BCUT2D eigenvalue weighted by Crippen LogP contribution is 2.34. The first kappa shape index (κ1) is 25.7. The highest BCUT2D eigenvalue weighted by atomic mass is 19.4. The molecular formula is C24H23F4N3O4. The summed E-state index contributed by atoms with van der Waals surface area (Å²) in [7, 11) is 1.32. The van der Waals surface area contributed by atoms with Crippen molar-refractivity contribution in [2.24, 2.45) is 0 Å². The van der Waals surface area contributed by atoms with Crippen LogP contribution >= 0.6 is 0 Å². The smallest absolute Gasteiger partial charge is 0.434 e. The van der Waals surface area contributed by atoms with E-state index >= 15 is 0 Å². The summed E-state index contributed by atoms with van der Waals surface area (Å²) in [6.45, 7) is 4.87. The maximum atomic E-state index is 14.2. The van der Waals surface area contributed by atoms with Gasteiger partial charge in [0.05, 0.1) is 25.6 Å². The Morgan fingerprint density at radius 1 is 1.11 bits per heavy atom. The van der Waals surface area contributed by atoms with Gasteiger partial charge in [-0.1, -0.05) is 0 Å². The van der Waals surface area contributed by atoms with Gasteiger partial charge in [-0.15, -0.1) is 0 Å². The van der Waals surface area contributed by atoms with Gasteiger partial charge in [-0.05, 0) is 57.2 Å². The molecule has 0 fully saturated rings. The van der Waals surface area contributed by atoms with Gasteiger partial charge in [-0.3, -0.25) is 4.79 Å². The van der Waals surface area contributed by atoms with E-state index in [-0.39, 0.29) is 35.3 Å². The number of aromatic nitrogens is 2. The molecule has 1 amide bonds. The fourth-order valence-corrected chi connectivity index (χ4v) is 3.51. The van der Waals surface area contributed by atoms with Gasteiger partial charge in [0.15, 0.2) is 17.3 Å². The van der Waals surface area contributed by atoms with E-state index in [1.807, 2.05) is 0 Å². The molecule has 0 aliphatic heterocycles. The highest BCUT2D eigenvalue weighted by Gasteiger charge is 2.41. The molecule has 1 heterocycles. The Morgan fingerprint density at radius 3 is 2.29 bits per heavy atom. The van der Waals surface area contributed by atoms with Crippen LogP contribution in [0.5, 0.6) is 5.75 Å². The standard InChI is InChI=1S/C24H23F4N3O4/c1-5-35-23(33)18-13-29-31(21(18)24(26,27)28)16-8-6-15(7-9-16)22(32)30(14(2)3)17-10-11-20(34-4)19(25)12-17/h6-14H,5H2,1-4H3. The average molecular weight is 493 g/mol. The van der Waals surface area contributed by atoms with Crippen molar-refractivity contribution in [1.29, 1.82) is 0 Å². The molecule has 3 aromatic rings. The topological polar surface area (TPSA) is 73.7 Å². The van der Waals surface area contributed by atoms with Gasteiger partial charge in [-0.25, -0.2) is 13.9 Å². The lowest BCUT2D eigenvalue weighted by Gasteiger charge is -2.27. The number of carbonyl (C=O) groups is 2.